The van der Waals surface area contributed by atoms with Gasteiger partial charge < -0.3 is 14.4 Å². The number of carbonyl (C=O) groups is 1. The molecule has 1 aromatic heterocycles. The predicted octanol–water partition coefficient (Wildman–Crippen LogP) is 2.95. The van der Waals surface area contributed by atoms with Gasteiger partial charge in [0.1, 0.15) is 12.3 Å². The first-order chi connectivity index (χ1) is 9.70. The third kappa shape index (κ3) is 2.26. The number of phenols is 1. The second-order valence-electron chi connectivity index (χ2n) is 4.82. The number of benzene rings is 1. The van der Waals surface area contributed by atoms with Crippen LogP contribution in [-0.4, -0.2) is 28.0 Å². The number of esters is 1. The van der Waals surface area contributed by atoms with E-state index in [9.17, 15) is 9.90 Å². The van der Waals surface area contributed by atoms with Crippen LogP contribution >= 0.6 is 11.8 Å². The molecule has 0 aliphatic carbocycles. The number of nitrogens with zero attached hydrogens (tertiary/aromatic N) is 1. The van der Waals surface area contributed by atoms with E-state index in [1.807, 2.05) is 17.6 Å². The van der Waals surface area contributed by atoms with E-state index in [2.05, 4.69) is 0 Å². The second kappa shape index (κ2) is 5.40. The lowest BCUT2D eigenvalue weighted by atomic mass is 10.2. The molecule has 1 N–H and O–H groups in total. The van der Waals surface area contributed by atoms with Crippen LogP contribution in [0.15, 0.2) is 23.1 Å². The number of hydrogen-bond donors (Lipinski definition) is 1. The first-order valence-corrected chi connectivity index (χ1v) is 7.81. The summed E-state index contributed by atoms with van der Waals surface area (Å²) in [6.45, 7) is 2.45. The van der Waals surface area contributed by atoms with Crippen molar-refractivity contribution in [3.8, 4) is 5.75 Å². The number of carbonyl (C=O) groups excluding carboxylic acids is 1. The van der Waals surface area contributed by atoms with Crippen molar-refractivity contribution in [3.05, 3.63) is 23.9 Å². The van der Waals surface area contributed by atoms with Crippen molar-refractivity contribution in [3.63, 3.8) is 0 Å². The molecule has 0 saturated carbocycles. The van der Waals surface area contributed by atoms with Gasteiger partial charge in [-0.3, -0.25) is 4.79 Å². The summed E-state index contributed by atoms with van der Waals surface area (Å²) >= 11 is 1.80. The van der Waals surface area contributed by atoms with Crippen molar-refractivity contribution in [1.82, 2.24) is 4.57 Å². The summed E-state index contributed by atoms with van der Waals surface area (Å²) < 4.78 is 7.10. The van der Waals surface area contributed by atoms with Crippen LogP contribution in [0.25, 0.3) is 10.9 Å². The van der Waals surface area contributed by atoms with Gasteiger partial charge in [0.15, 0.2) is 0 Å². The number of aromatic nitrogens is 1. The highest BCUT2D eigenvalue weighted by atomic mass is 32.2. The maximum Gasteiger partial charge on any atom is 0.325 e. The van der Waals surface area contributed by atoms with Gasteiger partial charge in [-0.1, -0.05) is 0 Å². The molecule has 0 unspecified atom stereocenters. The fraction of sp³-hybridized carbons (Fsp3) is 0.400. The minimum absolute atomic E-state index is 0.212. The Bertz CT molecular complexity index is 663. The molecule has 106 valence electrons. The minimum atomic E-state index is -0.212. The fourth-order valence-electron chi connectivity index (χ4n) is 2.70. The molecule has 1 aromatic carbocycles. The van der Waals surface area contributed by atoms with Crippen molar-refractivity contribution in [2.75, 3.05) is 12.4 Å². The van der Waals surface area contributed by atoms with Crippen LogP contribution in [0, 0.1) is 0 Å². The van der Waals surface area contributed by atoms with Gasteiger partial charge in [0, 0.05) is 16.0 Å². The average molecular weight is 291 g/mol. The van der Waals surface area contributed by atoms with Crippen LogP contribution in [0.2, 0.25) is 0 Å². The lowest BCUT2D eigenvalue weighted by Gasteiger charge is -2.15. The molecule has 0 amide bonds. The topological polar surface area (TPSA) is 51.5 Å². The Balaban J connectivity index is 2.12. The van der Waals surface area contributed by atoms with Gasteiger partial charge in [-0.25, -0.2) is 0 Å². The van der Waals surface area contributed by atoms with Gasteiger partial charge in [-0.05, 0) is 43.7 Å². The Kier molecular flexibility index (Phi) is 3.61. The van der Waals surface area contributed by atoms with Gasteiger partial charge in [0.05, 0.1) is 12.1 Å². The van der Waals surface area contributed by atoms with Crippen molar-refractivity contribution in [2.24, 2.45) is 0 Å². The Morgan fingerprint density at radius 2 is 2.35 bits per heavy atom. The van der Waals surface area contributed by atoms with Crippen LogP contribution in [0.5, 0.6) is 5.75 Å². The SMILES string of the molecule is CCOC(=O)Cn1c2c(c3cc(O)ccc31)SCCC2. The number of fused-ring (bicyclic) bond motifs is 3. The zero-order valence-corrected chi connectivity index (χ0v) is 12.2. The van der Waals surface area contributed by atoms with E-state index in [1.54, 1.807) is 23.9 Å². The standard InChI is InChI=1S/C15H17NO3S/c1-2-19-14(18)9-16-12-6-5-10(17)8-11(12)15-13(16)4-3-7-20-15/h5-6,8,17H,2-4,7,9H2,1H3. The van der Waals surface area contributed by atoms with Crippen LogP contribution in [0.3, 0.4) is 0 Å². The zero-order valence-electron chi connectivity index (χ0n) is 11.4. The Morgan fingerprint density at radius 3 is 3.15 bits per heavy atom. The third-order valence-corrected chi connectivity index (χ3v) is 4.74. The van der Waals surface area contributed by atoms with E-state index < -0.39 is 0 Å². The van der Waals surface area contributed by atoms with E-state index >= 15 is 0 Å². The maximum absolute atomic E-state index is 11.8. The van der Waals surface area contributed by atoms with Crippen molar-refractivity contribution >= 4 is 28.6 Å². The molecule has 2 aromatic rings. The van der Waals surface area contributed by atoms with Gasteiger partial charge in [-0.15, -0.1) is 11.8 Å². The summed E-state index contributed by atoms with van der Waals surface area (Å²) in [7, 11) is 0. The smallest absolute Gasteiger partial charge is 0.325 e. The quantitative estimate of drug-likeness (QED) is 0.883. The molecule has 2 heterocycles. The number of phenolic OH excluding ortho intramolecular Hbond substituents is 1. The molecule has 20 heavy (non-hydrogen) atoms. The molecule has 0 radical (unpaired) electrons. The molecule has 1 aliphatic rings. The van der Waals surface area contributed by atoms with Crippen LogP contribution in [0.4, 0.5) is 0 Å². The van der Waals surface area contributed by atoms with Crippen molar-refractivity contribution < 1.29 is 14.6 Å². The second-order valence-corrected chi connectivity index (χ2v) is 5.93. The average Bonchev–Trinajstić information content (AvgIpc) is 2.74. The zero-order chi connectivity index (χ0) is 14.1. The van der Waals surface area contributed by atoms with E-state index in [0.717, 1.165) is 29.5 Å². The Labute approximate surface area is 121 Å². The summed E-state index contributed by atoms with van der Waals surface area (Å²) in [5, 5.41) is 10.7. The Morgan fingerprint density at radius 1 is 1.50 bits per heavy atom. The number of thioether (sulfide) groups is 1. The molecule has 1 aliphatic heterocycles. The third-order valence-electron chi connectivity index (χ3n) is 3.50. The molecule has 3 rings (SSSR count). The van der Waals surface area contributed by atoms with Gasteiger partial charge in [-0.2, -0.15) is 0 Å². The van der Waals surface area contributed by atoms with Crippen LogP contribution < -0.4 is 0 Å². The van der Waals surface area contributed by atoms with E-state index in [1.165, 1.54) is 10.6 Å². The summed E-state index contributed by atoms with van der Waals surface area (Å²) in [5.41, 5.74) is 2.19. The monoisotopic (exact) mass is 291 g/mol. The molecular formula is C15H17NO3S. The first kappa shape index (κ1) is 13.4. The highest BCUT2D eigenvalue weighted by Crippen LogP contribution is 2.39. The van der Waals surface area contributed by atoms with Crippen LogP contribution in [-0.2, 0) is 22.5 Å². The molecular weight excluding hydrogens is 274 g/mol. The molecule has 0 saturated heterocycles. The number of rotatable bonds is 3. The van der Waals surface area contributed by atoms with Gasteiger partial charge in [0.2, 0.25) is 0 Å². The number of aromatic hydroxyl groups is 1. The largest absolute Gasteiger partial charge is 0.508 e. The normalized spacial score (nSPS) is 14.2. The highest BCUT2D eigenvalue weighted by molar-refractivity contribution is 7.99. The van der Waals surface area contributed by atoms with E-state index in [-0.39, 0.29) is 18.3 Å². The molecule has 0 spiro atoms. The molecule has 0 fully saturated rings. The highest BCUT2D eigenvalue weighted by Gasteiger charge is 2.22. The summed E-state index contributed by atoms with van der Waals surface area (Å²) in [5.74, 6) is 1.14. The van der Waals surface area contributed by atoms with Gasteiger partial charge >= 0.3 is 5.97 Å². The first-order valence-electron chi connectivity index (χ1n) is 6.83. The molecule has 5 heteroatoms. The maximum atomic E-state index is 11.8. The predicted molar refractivity (Wildman–Crippen MR) is 79.3 cm³/mol. The minimum Gasteiger partial charge on any atom is -0.508 e. The molecule has 0 atom stereocenters. The van der Waals surface area contributed by atoms with Gasteiger partial charge in [0.25, 0.3) is 0 Å². The number of hydrogen-bond acceptors (Lipinski definition) is 4. The summed E-state index contributed by atoms with van der Waals surface area (Å²) in [4.78, 5) is 13.0. The fourth-order valence-corrected chi connectivity index (χ4v) is 3.90. The Hall–Kier alpha value is -1.62. The van der Waals surface area contributed by atoms with E-state index in [0.29, 0.717) is 6.61 Å². The lowest BCUT2D eigenvalue weighted by Crippen LogP contribution is -2.16. The lowest BCUT2D eigenvalue weighted by molar-refractivity contribution is -0.143. The molecule has 0 bridgehead atoms. The summed E-state index contributed by atoms with van der Waals surface area (Å²) in [6.07, 6.45) is 2.08. The van der Waals surface area contributed by atoms with Crippen molar-refractivity contribution in [1.29, 1.82) is 0 Å². The number of ether oxygens (including phenoxy) is 1. The molecule has 4 nitrogen and oxygen atoms in total. The van der Waals surface area contributed by atoms with Crippen molar-refractivity contribution in [2.45, 2.75) is 31.2 Å². The van der Waals surface area contributed by atoms with Crippen LogP contribution in [0.1, 0.15) is 19.0 Å². The summed E-state index contributed by atoms with van der Waals surface area (Å²) in [6, 6.07) is 5.33. The van der Waals surface area contributed by atoms with E-state index in [4.69, 9.17) is 4.74 Å².